The summed E-state index contributed by atoms with van der Waals surface area (Å²) in [6.45, 7) is 14.7. The minimum atomic E-state index is -1.12. The van der Waals surface area contributed by atoms with Crippen molar-refractivity contribution in [2.75, 3.05) is 0 Å². The van der Waals surface area contributed by atoms with Crippen molar-refractivity contribution in [2.45, 2.75) is 71.4 Å². The third-order valence-corrected chi connectivity index (χ3v) is 4.16. The summed E-state index contributed by atoms with van der Waals surface area (Å²) < 4.78 is 11.2. The van der Waals surface area contributed by atoms with E-state index in [1.807, 2.05) is 26.8 Å². The maximum absolute atomic E-state index is 12.1. The van der Waals surface area contributed by atoms with Gasteiger partial charge in [0.2, 0.25) is 0 Å². The average Bonchev–Trinajstić information content (AvgIpc) is 3.13. The molecule has 1 aliphatic heterocycles. The Morgan fingerprint density at radius 2 is 2.04 bits per heavy atom. The highest BCUT2D eigenvalue weighted by molar-refractivity contribution is 5.87. The molecule has 1 aliphatic rings. The SMILES string of the molecule is C=C/C(C)=C\C=C\[C@@](C)(O)C[C@H](OC(=O)/C(C)=C\C)[C@H]1OC1(C)C. The number of allylic oxidation sites excluding steroid dienone is 5. The molecular weight excluding hydrogens is 304 g/mol. The first-order chi connectivity index (χ1) is 11.0. The summed E-state index contributed by atoms with van der Waals surface area (Å²) in [6.07, 6.45) is 8.34. The summed E-state index contributed by atoms with van der Waals surface area (Å²) in [6, 6.07) is 0. The van der Waals surface area contributed by atoms with Crippen molar-refractivity contribution in [2.24, 2.45) is 0 Å². The molecule has 0 amide bonds. The van der Waals surface area contributed by atoms with E-state index >= 15 is 0 Å². The molecule has 24 heavy (non-hydrogen) atoms. The average molecular weight is 334 g/mol. The molecule has 1 rings (SSSR count). The molecule has 3 atom stereocenters. The smallest absolute Gasteiger partial charge is 0.333 e. The van der Waals surface area contributed by atoms with Crippen molar-refractivity contribution in [3.63, 3.8) is 0 Å². The number of aliphatic hydroxyl groups is 1. The van der Waals surface area contributed by atoms with Crippen LogP contribution >= 0.6 is 0 Å². The van der Waals surface area contributed by atoms with Gasteiger partial charge < -0.3 is 14.6 Å². The molecule has 1 heterocycles. The van der Waals surface area contributed by atoms with Crippen molar-refractivity contribution >= 4 is 5.97 Å². The maximum atomic E-state index is 12.1. The first kappa shape index (κ1) is 20.4. The number of hydrogen-bond acceptors (Lipinski definition) is 4. The second-order valence-corrected chi connectivity index (χ2v) is 7.09. The van der Waals surface area contributed by atoms with Gasteiger partial charge in [0, 0.05) is 12.0 Å². The normalized spacial score (nSPS) is 24.4. The molecule has 0 aromatic carbocycles. The number of ether oxygens (including phenoxy) is 2. The Bertz CT molecular complexity index is 564. The molecule has 1 saturated heterocycles. The van der Waals surface area contributed by atoms with E-state index in [4.69, 9.17) is 9.47 Å². The molecule has 0 radical (unpaired) electrons. The van der Waals surface area contributed by atoms with E-state index < -0.39 is 11.7 Å². The Hall–Kier alpha value is -1.65. The van der Waals surface area contributed by atoms with E-state index in [-0.39, 0.29) is 24.1 Å². The Kier molecular flexibility index (Phi) is 6.76. The maximum Gasteiger partial charge on any atom is 0.333 e. The largest absolute Gasteiger partial charge is 0.456 e. The van der Waals surface area contributed by atoms with Crippen LogP contribution in [0.4, 0.5) is 0 Å². The van der Waals surface area contributed by atoms with Crippen molar-refractivity contribution < 1.29 is 19.4 Å². The highest BCUT2D eigenvalue weighted by atomic mass is 16.6. The Morgan fingerprint density at radius 3 is 2.50 bits per heavy atom. The molecule has 4 nitrogen and oxygen atoms in total. The van der Waals surface area contributed by atoms with Gasteiger partial charge in [-0.25, -0.2) is 4.79 Å². The van der Waals surface area contributed by atoms with Crippen LogP contribution in [0.25, 0.3) is 0 Å². The molecule has 134 valence electrons. The van der Waals surface area contributed by atoms with Crippen LogP contribution in [0.15, 0.2) is 48.1 Å². The second kappa shape index (κ2) is 7.95. The van der Waals surface area contributed by atoms with Crippen molar-refractivity contribution in [3.05, 3.63) is 48.1 Å². The Labute approximate surface area is 145 Å². The van der Waals surface area contributed by atoms with Crippen LogP contribution in [0.3, 0.4) is 0 Å². The van der Waals surface area contributed by atoms with Crippen LogP contribution in [0.2, 0.25) is 0 Å². The van der Waals surface area contributed by atoms with E-state index in [1.54, 1.807) is 45.1 Å². The zero-order valence-corrected chi connectivity index (χ0v) is 15.6. The van der Waals surface area contributed by atoms with Gasteiger partial charge in [-0.3, -0.25) is 0 Å². The van der Waals surface area contributed by atoms with Crippen LogP contribution in [-0.2, 0) is 14.3 Å². The van der Waals surface area contributed by atoms with E-state index in [0.717, 1.165) is 5.57 Å². The lowest BCUT2D eigenvalue weighted by Gasteiger charge is -2.25. The number of hydrogen-bond donors (Lipinski definition) is 1. The monoisotopic (exact) mass is 334 g/mol. The molecule has 1 N–H and O–H groups in total. The minimum Gasteiger partial charge on any atom is -0.456 e. The summed E-state index contributed by atoms with van der Waals surface area (Å²) in [5.74, 6) is -0.379. The van der Waals surface area contributed by atoms with Gasteiger partial charge in [-0.15, -0.1) is 0 Å². The molecule has 4 heteroatoms. The molecule has 0 aromatic heterocycles. The van der Waals surface area contributed by atoms with Crippen LogP contribution in [0.1, 0.15) is 48.0 Å². The van der Waals surface area contributed by atoms with Gasteiger partial charge in [0.25, 0.3) is 0 Å². The summed E-state index contributed by atoms with van der Waals surface area (Å²) >= 11 is 0. The standard InChI is InChI=1S/C20H30O4/c1-8-14(3)11-10-12-20(7,22)13-16(17-19(5,6)24-17)23-18(21)15(4)9-2/h8-12,16-17,22H,1,13H2,2-7H3/b12-10+,14-11-,15-9-/t16-,17+,20+/m0/s1. The van der Waals surface area contributed by atoms with Gasteiger partial charge in [0.05, 0.1) is 11.2 Å². The number of carbonyl (C=O) groups excluding carboxylic acids is 1. The van der Waals surface area contributed by atoms with E-state index in [2.05, 4.69) is 6.58 Å². The zero-order chi connectivity index (χ0) is 18.5. The van der Waals surface area contributed by atoms with Crippen LogP contribution in [0.5, 0.6) is 0 Å². The molecule has 0 saturated carbocycles. The van der Waals surface area contributed by atoms with Crippen molar-refractivity contribution in [1.29, 1.82) is 0 Å². The third kappa shape index (κ3) is 6.10. The highest BCUT2D eigenvalue weighted by Crippen LogP contribution is 2.41. The lowest BCUT2D eigenvalue weighted by atomic mass is 9.92. The molecule has 1 fully saturated rings. The molecule has 0 aromatic rings. The van der Waals surface area contributed by atoms with Gasteiger partial charge in [-0.05, 0) is 41.5 Å². The fourth-order valence-electron chi connectivity index (χ4n) is 2.33. The van der Waals surface area contributed by atoms with Gasteiger partial charge >= 0.3 is 5.97 Å². The van der Waals surface area contributed by atoms with Crippen LogP contribution in [-0.4, -0.2) is 34.5 Å². The van der Waals surface area contributed by atoms with E-state index in [0.29, 0.717) is 5.57 Å². The van der Waals surface area contributed by atoms with Gasteiger partial charge in [-0.2, -0.15) is 0 Å². The van der Waals surface area contributed by atoms with Crippen LogP contribution < -0.4 is 0 Å². The zero-order valence-electron chi connectivity index (χ0n) is 15.6. The summed E-state index contributed by atoms with van der Waals surface area (Å²) in [5, 5.41) is 10.6. The fraction of sp³-hybridized carbons (Fsp3) is 0.550. The van der Waals surface area contributed by atoms with Crippen molar-refractivity contribution in [3.8, 4) is 0 Å². The predicted molar refractivity (Wildman–Crippen MR) is 96.6 cm³/mol. The lowest BCUT2D eigenvalue weighted by molar-refractivity contribution is -0.147. The Balaban J connectivity index is 2.84. The first-order valence-corrected chi connectivity index (χ1v) is 8.25. The highest BCUT2D eigenvalue weighted by Gasteiger charge is 2.55. The molecule has 0 bridgehead atoms. The van der Waals surface area contributed by atoms with Crippen molar-refractivity contribution in [1.82, 2.24) is 0 Å². The molecular formula is C20H30O4. The third-order valence-electron chi connectivity index (χ3n) is 4.16. The number of carbonyl (C=O) groups is 1. The number of rotatable bonds is 8. The molecule has 0 aliphatic carbocycles. The summed E-state index contributed by atoms with van der Waals surface area (Å²) in [5.41, 5.74) is 0.0847. The van der Waals surface area contributed by atoms with Gasteiger partial charge in [-0.1, -0.05) is 42.5 Å². The van der Waals surface area contributed by atoms with E-state index in [9.17, 15) is 9.90 Å². The first-order valence-electron chi connectivity index (χ1n) is 8.25. The lowest BCUT2D eigenvalue weighted by Crippen LogP contribution is -2.36. The van der Waals surface area contributed by atoms with Crippen LogP contribution in [0, 0.1) is 0 Å². The van der Waals surface area contributed by atoms with Gasteiger partial charge in [0.1, 0.15) is 12.2 Å². The topological polar surface area (TPSA) is 59.1 Å². The Morgan fingerprint density at radius 1 is 1.46 bits per heavy atom. The predicted octanol–water partition coefficient (Wildman–Crippen LogP) is 3.87. The quantitative estimate of drug-likeness (QED) is 0.317. The number of epoxide rings is 1. The van der Waals surface area contributed by atoms with E-state index in [1.165, 1.54) is 0 Å². The van der Waals surface area contributed by atoms with Gasteiger partial charge in [0.15, 0.2) is 0 Å². The minimum absolute atomic E-state index is 0.212. The second-order valence-electron chi connectivity index (χ2n) is 7.09. The summed E-state index contributed by atoms with van der Waals surface area (Å²) in [4.78, 5) is 12.1. The number of esters is 1. The molecule has 0 unspecified atom stereocenters. The fourth-order valence-corrected chi connectivity index (χ4v) is 2.33. The molecule has 0 spiro atoms. The summed E-state index contributed by atoms with van der Waals surface area (Å²) in [7, 11) is 0.